The summed E-state index contributed by atoms with van der Waals surface area (Å²) in [6.07, 6.45) is 4.49. The highest BCUT2D eigenvalue weighted by atomic mass is 79.9. The molecule has 0 radical (unpaired) electrons. The third-order valence-corrected chi connectivity index (χ3v) is 4.01. The van der Waals surface area contributed by atoms with Crippen molar-refractivity contribution in [1.29, 1.82) is 0 Å². The molecule has 0 bridgehead atoms. The van der Waals surface area contributed by atoms with Gasteiger partial charge in [-0.05, 0) is 59.8 Å². The number of nitrogen functional groups attached to an aromatic ring is 1. The fraction of sp³-hybridized carbons (Fsp3) is 0.538. The van der Waals surface area contributed by atoms with Crippen LogP contribution in [0, 0.1) is 0 Å². The van der Waals surface area contributed by atoms with Gasteiger partial charge < -0.3 is 15.7 Å². The van der Waals surface area contributed by atoms with Crippen molar-refractivity contribution in [1.82, 2.24) is 0 Å². The van der Waals surface area contributed by atoms with Crippen molar-refractivity contribution < 1.29 is 5.11 Å². The lowest BCUT2D eigenvalue weighted by molar-refractivity contribution is 0.262. The monoisotopic (exact) mass is 298 g/mol. The van der Waals surface area contributed by atoms with Crippen molar-refractivity contribution >= 4 is 27.3 Å². The molecule has 3 N–H and O–H groups in total. The third kappa shape index (κ3) is 2.93. The van der Waals surface area contributed by atoms with Crippen molar-refractivity contribution in [3.8, 4) is 0 Å². The minimum atomic E-state index is 0.258. The molecule has 0 aliphatic carbocycles. The van der Waals surface area contributed by atoms with E-state index < -0.39 is 0 Å². The first-order valence-corrected chi connectivity index (χ1v) is 6.94. The lowest BCUT2D eigenvalue weighted by Gasteiger charge is -2.38. The summed E-state index contributed by atoms with van der Waals surface area (Å²) in [4.78, 5) is 2.39. The number of rotatable bonds is 3. The number of aliphatic hydroxyl groups is 1. The number of hydrogen-bond donors (Lipinski definition) is 2. The van der Waals surface area contributed by atoms with Crippen LogP contribution >= 0.6 is 15.9 Å². The van der Waals surface area contributed by atoms with Gasteiger partial charge in [-0.2, -0.15) is 0 Å². The predicted molar refractivity (Wildman–Crippen MR) is 75.2 cm³/mol. The summed E-state index contributed by atoms with van der Waals surface area (Å²) in [7, 11) is 0. The standard InChI is InChI=1S/C13H19BrN2O/c14-12-9-10(15)4-5-13(12)16-7-2-1-3-11(16)6-8-17/h4-5,9,11,17H,1-3,6-8,15H2. The second-order valence-corrected chi connectivity index (χ2v) is 5.42. The van der Waals surface area contributed by atoms with E-state index in [1.54, 1.807) is 0 Å². The molecule has 1 unspecified atom stereocenters. The first-order valence-electron chi connectivity index (χ1n) is 6.15. The highest BCUT2D eigenvalue weighted by molar-refractivity contribution is 9.10. The normalized spacial score (nSPS) is 20.6. The van der Waals surface area contributed by atoms with Crippen molar-refractivity contribution in [2.45, 2.75) is 31.7 Å². The summed E-state index contributed by atoms with van der Waals surface area (Å²) in [5, 5.41) is 9.14. The van der Waals surface area contributed by atoms with Crippen LogP contribution in [0.15, 0.2) is 22.7 Å². The number of aliphatic hydroxyl groups excluding tert-OH is 1. The van der Waals surface area contributed by atoms with Crippen LogP contribution in [0.2, 0.25) is 0 Å². The molecule has 0 saturated carbocycles. The molecule has 1 saturated heterocycles. The SMILES string of the molecule is Nc1ccc(N2CCCCC2CCO)c(Br)c1. The van der Waals surface area contributed by atoms with Crippen LogP contribution in [-0.4, -0.2) is 24.3 Å². The summed E-state index contributed by atoms with van der Waals surface area (Å²) >= 11 is 3.58. The second-order valence-electron chi connectivity index (χ2n) is 4.57. The Bertz CT molecular complexity index is 382. The van der Waals surface area contributed by atoms with E-state index in [2.05, 4.69) is 26.9 Å². The third-order valence-electron chi connectivity index (χ3n) is 3.37. The molecule has 1 atom stereocenters. The summed E-state index contributed by atoms with van der Waals surface area (Å²) in [5.74, 6) is 0. The first-order chi connectivity index (χ1) is 8.22. The van der Waals surface area contributed by atoms with Crippen LogP contribution in [0.3, 0.4) is 0 Å². The van der Waals surface area contributed by atoms with E-state index in [-0.39, 0.29) is 6.61 Å². The minimum absolute atomic E-state index is 0.258. The summed E-state index contributed by atoms with van der Waals surface area (Å²) in [6, 6.07) is 6.40. The molecule has 1 aromatic carbocycles. The van der Waals surface area contributed by atoms with Gasteiger partial charge in [-0.15, -0.1) is 0 Å². The van der Waals surface area contributed by atoms with Crippen molar-refractivity contribution in [2.24, 2.45) is 0 Å². The van der Waals surface area contributed by atoms with Gasteiger partial charge in [0.25, 0.3) is 0 Å². The van der Waals surface area contributed by atoms with E-state index in [1.165, 1.54) is 18.5 Å². The molecule has 1 aromatic rings. The number of piperidine rings is 1. The molecule has 0 amide bonds. The van der Waals surface area contributed by atoms with Crippen LogP contribution in [0.5, 0.6) is 0 Å². The van der Waals surface area contributed by atoms with Gasteiger partial charge in [0.1, 0.15) is 0 Å². The number of hydrogen-bond acceptors (Lipinski definition) is 3. The summed E-state index contributed by atoms with van der Waals surface area (Å²) < 4.78 is 1.04. The van der Waals surface area contributed by atoms with Crippen LogP contribution in [0.4, 0.5) is 11.4 Å². The maximum Gasteiger partial charge on any atom is 0.0514 e. The largest absolute Gasteiger partial charge is 0.399 e. The Morgan fingerprint density at radius 2 is 2.24 bits per heavy atom. The number of nitrogens with zero attached hydrogens (tertiary/aromatic N) is 1. The van der Waals surface area contributed by atoms with Gasteiger partial charge in [-0.3, -0.25) is 0 Å². The highest BCUT2D eigenvalue weighted by Gasteiger charge is 2.23. The highest BCUT2D eigenvalue weighted by Crippen LogP contribution is 2.33. The van der Waals surface area contributed by atoms with Crippen LogP contribution in [0.1, 0.15) is 25.7 Å². The Balaban J connectivity index is 2.23. The van der Waals surface area contributed by atoms with Crippen molar-refractivity contribution in [3.63, 3.8) is 0 Å². The van der Waals surface area contributed by atoms with Gasteiger partial charge in [-0.1, -0.05) is 0 Å². The Hall–Kier alpha value is -0.740. The zero-order valence-corrected chi connectivity index (χ0v) is 11.5. The molecular formula is C13H19BrN2O. The molecule has 17 heavy (non-hydrogen) atoms. The van der Waals surface area contributed by atoms with Crippen LogP contribution < -0.4 is 10.6 Å². The Labute approximate surface area is 111 Å². The fourth-order valence-corrected chi connectivity index (χ4v) is 3.15. The average molecular weight is 299 g/mol. The molecule has 1 aliphatic rings. The number of nitrogens with two attached hydrogens (primary N) is 1. The van der Waals surface area contributed by atoms with E-state index in [9.17, 15) is 0 Å². The second kappa shape index (κ2) is 5.74. The molecule has 94 valence electrons. The molecule has 2 rings (SSSR count). The van der Waals surface area contributed by atoms with Crippen molar-refractivity contribution in [3.05, 3.63) is 22.7 Å². The molecule has 1 fully saturated rings. The molecule has 3 nitrogen and oxygen atoms in total. The Kier molecular flexibility index (Phi) is 4.29. The van der Waals surface area contributed by atoms with E-state index in [0.29, 0.717) is 6.04 Å². The van der Waals surface area contributed by atoms with Gasteiger partial charge in [-0.25, -0.2) is 0 Å². The van der Waals surface area contributed by atoms with Gasteiger partial charge in [0.15, 0.2) is 0 Å². The predicted octanol–water partition coefficient (Wildman–Crippen LogP) is 2.77. The van der Waals surface area contributed by atoms with Gasteiger partial charge in [0.2, 0.25) is 0 Å². The molecule has 0 spiro atoms. The minimum Gasteiger partial charge on any atom is -0.399 e. The quantitative estimate of drug-likeness (QED) is 0.844. The lowest BCUT2D eigenvalue weighted by Crippen LogP contribution is -2.40. The summed E-state index contributed by atoms with van der Waals surface area (Å²) in [5.41, 5.74) is 7.73. The van der Waals surface area contributed by atoms with Gasteiger partial charge in [0, 0.05) is 29.4 Å². The first kappa shape index (κ1) is 12.7. The number of benzene rings is 1. The maximum absolute atomic E-state index is 9.14. The van der Waals surface area contributed by atoms with Crippen molar-refractivity contribution in [2.75, 3.05) is 23.8 Å². The number of anilines is 2. The molecule has 0 aromatic heterocycles. The molecule has 1 aliphatic heterocycles. The van der Waals surface area contributed by atoms with E-state index in [1.807, 2.05) is 12.1 Å². The smallest absolute Gasteiger partial charge is 0.0514 e. The maximum atomic E-state index is 9.14. The number of halogens is 1. The zero-order valence-electron chi connectivity index (χ0n) is 9.90. The van der Waals surface area contributed by atoms with Crippen LogP contribution in [-0.2, 0) is 0 Å². The molecule has 1 heterocycles. The van der Waals surface area contributed by atoms with E-state index >= 15 is 0 Å². The van der Waals surface area contributed by atoms with E-state index in [4.69, 9.17) is 10.8 Å². The Morgan fingerprint density at radius 1 is 1.41 bits per heavy atom. The zero-order chi connectivity index (χ0) is 12.3. The topological polar surface area (TPSA) is 49.5 Å². The lowest BCUT2D eigenvalue weighted by atomic mass is 9.99. The Morgan fingerprint density at radius 3 is 2.94 bits per heavy atom. The summed E-state index contributed by atoms with van der Waals surface area (Å²) in [6.45, 7) is 1.32. The molecular weight excluding hydrogens is 280 g/mol. The van der Waals surface area contributed by atoms with Gasteiger partial charge in [0.05, 0.1) is 5.69 Å². The molecule has 4 heteroatoms. The average Bonchev–Trinajstić information content (AvgIpc) is 2.31. The van der Waals surface area contributed by atoms with E-state index in [0.717, 1.165) is 29.5 Å². The fourth-order valence-electron chi connectivity index (χ4n) is 2.52. The van der Waals surface area contributed by atoms with Gasteiger partial charge >= 0.3 is 0 Å². The van der Waals surface area contributed by atoms with Crippen LogP contribution in [0.25, 0.3) is 0 Å².